The number of aryl methyl sites for hydroxylation is 1. The fourth-order valence-electron chi connectivity index (χ4n) is 3.10. The van der Waals surface area contributed by atoms with E-state index in [1.165, 1.54) is 0 Å². The van der Waals surface area contributed by atoms with E-state index in [1.54, 1.807) is 13.0 Å². The summed E-state index contributed by atoms with van der Waals surface area (Å²) in [6.07, 6.45) is 0.288. The summed E-state index contributed by atoms with van der Waals surface area (Å²) in [5.74, 6) is 0.968. The van der Waals surface area contributed by atoms with E-state index in [-0.39, 0.29) is 55.6 Å². The van der Waals surface area contributed by atoms with Crippen molar-refractivity contribution in [2.24, 2.45) is 5.73 Å². The third-order valence-electron chi connectivity index (χ3n) is 4.61. The number of rotatable bonds is 6. The number of hydrogen-bond acceptors (Lipinski definition) is 6. The highest BCUT2D eigenvalue weighted by Crippen LogP contribution is 2.15. The van der Waals surface area contributed by atoms with Crippen molar-refractivity contribution < 1.29 is 14.1 Å². The van der Waals surface area contributed by atoms with Crippen LogP contribution in [0.5, 0.6) is 0 Å². The van der Waals surface area contributed by atoms with Crippen LogP contribution in [0.15, 0.2) is 40.9 Å². The second-order valence-electron chi connectivity index (χ2n) is 6.75. The van der Waals surface area contributed by atoms with Crippen LogP contribution >= 0.6 is 24.8 Å². The molecule has 0 aliphatic carbocycles. The van der Waals surface area contributed by atoms with Crippen molar-refractivity contribution >= 4 is 42.4 Å². The van der Waals surface area contributed by atoms with Crippen LogP contribution in [0.1, 0.15) is 23.8 Å². The van der Waals surface area contributed by atoms with Gasteiger partial charge >= 0.3 is 0 Å². The lowest BCUT2D eigenvalue weighted by atomic mass is 10.0. The Hall–Kier alpha value is -2.13. The van der Waals surface area contributed by atoms with Crippen molar-refractivity contribution in [3.05, 3.63) is 47.7 Å². The van der Waals surface area contributed by atoms with Crippen molar-refractivity contribution in [3.63, 3.8) is 0 Å². The van der Waals surface area contributed by atoms with Crippen molar-refractivity contribution in [3.8, 4) is 0 Å². The number of nitrogens with one attached hydrogen (secondary N) is 1. The van der Waals surface area contributed by atoms with Gasteiger partial charge in [0.2, 0.25) is 11.8 Å². The summed E-state index contributed by atoms with van der Waals surface area (Å²) in [5, 5.41) is 6.45. The van der Waals surface area contributed by atoms with Gasteiger partial charge in [0.1, 0.15) is 5.76 Å². The Balaban J connectivity index is 0.00000210. The Morgan fingerprint density at radius 1 is 1.17 bits per heavy atom. The van der Waals surface area contributed by atoms with Gasteiger partial charge in [-0.25, -0.2) is 0 Å². The third-order valence-corrected chi connectivity index (χ3v) is 4.61. The average molecular weight is 444 g/mol. The van der Waals surface area contributed by atoms with Gasteiger partial charge in [-0.05, 0) is 12.5 Å². The Morgan fingerprint density at radius 3 is 2.41 bits per heavy atom. The molecule has 0 radical (unpaired) electrons. The first-order chi connectivity index (χ1) is 13.0. The fraction of sp³-hybridized carbons (Fsp3) is 0.421. The monoisotopic (exact) mass is 443 g/mol. The Morgan fingerprint density at radius 2 is 1.83 bits per heavy atom. The van der Waals surface area contributed by atoms with Gasteiger partial charge in [-0.15, -0.1) is 24.8 Å². The van der Waals surface area contributed by atoms with Crippen LogP contribution in [0.4, 0.5) is 5.82 Å². The molecule has 3 rings (SSSR count). The molecule has 1 aromatic carbocycles. The standard InChI is InChI=1S/C19H25N5O3.2ClH/c1-14-11-17(22-27-14)21-18(25)13-23-7-9-24(10-8-23)19(26)12-16(20)15-5-3-2-4-6-15;;/h2-6,11,16H,7-10,12-13,20H2,1H3,(H,21,22,25);2*1H. The van der Waals surface area contributed by atoms with E-state index in [0.29, 0.717) is 37.8 Å². The number of benzene rings is 1. The molecule has 2 heterocycles. The van der Waals surface area contributed by atoms with Crippen LogP contribution in [-0.2, 0) is 9.59 Å². The molecule has 0 bridgehead atoms. The van der Waals surface area contributed by atoms with E-state index < -0.39 is 0 Å². The predicted octanol–water partition coefficient (Wildman–Crippen LogP) is 2.00. The summed E-state index contributed by atoms with van der Waals surface area (Å²) < 4.78 is 4.93. The number of amides is 2. The molecule has 1 unspecified atom stereocenters. The minimum atomic E-state index is -0.298. The van der Waals surface area contributed by atoms with Crippen molar-refractivity contribution in [2.45, 2.75) is 19.4 Å². The van der Waals surface area contributed by atoms with E-state index in [1.807, 2.05) is 40.1 Å². The van der Waals surface area contributed by atoms with E-state index in [4.69, 9.17) is 10.3 Å². The molecule has 1 fully saturated rings. The number of anilines is 1. The van der Waals surface area contributed by atoms with Gasteiger partial charge < -0.3 is 20.5 Å². The summed E-state index contributed by atoms with van der Waals surface area (Å²) in [7, 11) is 0. The van der Waals surface area contributed by atoms with Gasteiger partial charge in [-0.3, -0.25) is 14.5 Å². The van der Waals surface area contributed by atoms with Crippen LogP contribution in [0, 0.1) is 6.92 Å². The van der Waals surface area contributed by atoms with Crippen LogP contribution in [-0.4, -0.2) is 59.5 Å². The minimum absolute atomic E-state index is 0. The number of carbonyl (C=O) groups excluding carboxylic acids is 2. The maximum atomic E-state index is 12.5. The number of halogens is 2. The number of nitrogens with two attached hydrogens (primary N) is 1. The number of nitrogens with zero attached hydrogens (tertiary/aromatic N) is 3. The number of piperazine rings is 1. The average Bonchev–Trinajstić information content (AvgIpc) is 3.07. The highest BCUT2D eigenvalue weighted by atomic mass is 35.5. The van der Waals surface area contributed by atoms with Gasteiger partial charge in [-0.1, -0.05) is 35.5 Å². The fourth-order valence-corrected chi connectivity index (χ4v) is 3.10. The zero-order chi connectivity index (χ0) is 19.2. The molecule has 8 nitrogen and oxygen atoms in total. The largest absolute Gasteiger partial charge is 0.360 e. The van der Waals surface area contributed by atoms with E-state index in [9.17, 15) is 9.59 Å². The summed E-state index contributed by atoms with van der Waals surface area (Å²) in [6.45, 7) is 4.52. The van der Waals surface area contributed by atoms with Crippen molar-refractivity contribution in [2.75, 3.05) is 38.0 Å². The SMILES string of the molecule is Cc1cc(NC(=O)CN2CCN(C(=O)CC(N)c3ccccc3)CC2)no1.Cl.Cl. The first-order valence-corrected chi connectivity index (χ1v) is 9.05. The molecule has 3 N–H and O–H groups in total. The summed E-state index contributed by atoms with van der Waals surface area (Å²) >= 11 is 0. The zero-order valence-electron chi connectivity index (χ0n) is 16.2. The molecule has 1 atom stereocenters. The van der Waals surface area contributed by atoms with Crippen molar-refractivity contribution in [1.82, 2.24) is 15.0 Å². The quantitative estimate of drug-likeness (QED) is 0.706. The van der Waals surface area contributed by atoms with Gasteiger partial charge in [0, 0.05) is 44.7 Å². The predicted molar refractivity (Wildman–Crippen MR) is 115 cm³/mol. The number of aromatic nitrogens is 1. The minimum Gasteiger partial charge on any atom is -0.360 e. The first kappa shape index (κ1) is 24.9. The van der Waals surface area contributed by atoms with Crippen LogP contribution in [0.3, 0.4) is 0 Å². The lowest BCUT2D eigenvalue weighted by Crippen LogP contribution is -2.50. The van der Waals surface area contributed by atoms with Crippen LogP contribution in [0.25, 0.3) is 0 Å². The Bertz CT molecular complexity index is 779. The van der Waals surface area contributed by atoms with E-state index in [0.717, 1.165) is 5.56 Å². The van der Waals surface area contributed by atoms with E-state index in [2.05, 4.69) is 10.5 Å². The van der Waals surface area contributed by atoms with Crippen molar-refractivity contribution in [1.29, 1.82) is 0 Å². The second-order valence-corrected chi connectivity index (χ2v) is 6.75. The molecule has 2 aromatic rings. The van der Waals surface area contributed by atoms with Gasteiger partial charge in [0.15, 0.2) is 5.82 Å². The molecule has 1 aliphatic heterocycles. The molecule has 2 amide bonds. The topological polar surface area (TPSA) is 105 Å². The summed E-state index contributed by atoms with van der Waals surface area (Å²) in [5.41, 5.74) is 7.11. The molecule has 10 heteroatoms. The second kappa shape index (κ2) is 11.8. The number of carbonyl (C=O) groups is 2. The maximum Gasteiger partial charge on any atom is 0.239 e. The molecule has 0 spiro atoms. The zero-order valence-corrected chi connectivity index (χ0v) is 17.9. The first-order valence-electron chi connectivity index (χ1n) is 9.05. The Kier molecular flexibility index (Phi) is 10.1. The van der Waals surface area contributed by atoms with Gasteiger partial charge in [0.25, 0.3) is 0 Å². The molecule has 29 heavy (non-hydrogen) atoms. The third kappa shape index (κ3) is 7.32. The molecule has 1 saturated heterocycles. The molecule has 0 saturated carbocycles. The highest BCUT2D eigenvalue weighted by molar-refractivity contribution is 5.91. The molecular formula is C19H27Cl2N5O3. The summed E-state index contributed by atoms with van der Waals surface area (Å²) in [4.78, 5) is 28.4. The molecule has 1 aliphatic rings. The lowest BCUT2D eigenvalue weighted by molar-refractivity contribution is -0.133. The van der Waals surface area contributed by atoms with E-state index >= 15 is 0 Å². The number of hydrogen-bond donors (Lipinski definition) is 2. The van der Waals surface area contributed by atoms with Gasteiger partial charge in [-0.2, -0.15) is 0 Å². The van der Waals surface area contributed by atoms with Gasteiger partial charge in [0.05, 0.1) is 6.54 Å². The van der Waals surface area contributed by atoms with Crippen LogP contribution in [0.2, 0.25) is 0 Å². The molecular weight excluding hydrogens is 417 g/mol. The smallest absolute Gasteiger partial charge is 0.239 e. The normalized spacial score (nSPS) is 15.0. The highest BCUT2D eigenvalue weighted by Gasteiger charge is 2.24. The summed E-state index contributed by atoms with van der Waals surface area (Å²) in [6, 6.07) is 11.0. The Labute approximate surface area is 182 Å². The maximum absolute atomic E-state index is 12.5. The van der Waals surface area contributed by atoms with Crippen LogP contribution < -0.4 is 11.1 Å². The molecule has 1 aromatic heterocycles. The lowest BCUT2D eigenvalue weighted by Gasteiger charge is -2.34. The molecule has 160 valence electrons.